The highest BCUT2D eigenvalue weighted by Gasteiger charge is 2.30. The Kier molecular flexibility index (Phi) is 7.10. The van der Waals surface area contributed by atoms with Crippen LogP contribution < -0.4 is 10.6 Å². The highest BCUT2D eigenvalue weighted by Crippen LogP contribution is 2.44. The van der Waals surface area contributed by atoms with Gasteiger partial charge in [0.1, 0.15) is 12.6 Å². The first-order chi connectivity index (χ1) is 16.9. The topological polar surface area (TPSA) is 118 Å². The highest BCUT2D eigenvalue weighted by atomic mass is 16.5. The lowest BCUT2D eigenvalue weighted by Crippen LogP contribution is -2.45. The van der Waals surface area contributed by atoms with Crippen LogP contribution in [-0.2, 0) is 9.53 Å². The largest absolute Gasteiger partial charge is 0.480 e. The molecule has 0 saturated heterocycles. The van der Waals surface area contributed by atoms with Crippen molar-refractivity contribution in [3.8, 4) is 11.1 Å². The van der Waals surface area contributed by atoms with Crippen molar-refractivity contribution in [2.24, 2.45) is 5.92 Å². The van der Waals surface area contributed by atoms with E-state index in [-0.39, 0.29) is 29.8 Å². The number of carboxylic acid groups (broad SMARTS) is 1. The van der Waals surface area contributed by atoms with E-state index < -0.39 is 24.0 Å². The van der Waals surface area contributed by atoms with E-state index in [0.29, 0.717) is 6.42 Å². The van der Waals surface area contributed by atoms with Gasteiger partial charge in [0.15, 0.2) is 5.69 Å². The van der Waals surface area contributed by atoms with E-state index in [0.717, 1.165) is 22.3 Å². The molecule has 3 aromatic rings. The molecule has 2 aromatic carbocycles. The summed E-state index contributed by atoms with van der Waals surface area (Å²) in [6.45, 7) is 3.71. The number of ether oxygens (including phenoxy) is 1. The molecule has 0 spiro atoms. The van der Waals surface area contributed by atoms with Gasteiger partial charge in [0.2, 0.25) is 0 Å². The molecule has 8 heteroatoms. The summed E-state index contributed by atoms with van der Waals surface area (Å²) < 4.78 is 5.55. The number of hydrogen-bond donors (Lipinski definition) is 3. The van der Waals surface area contributed by atoms with Crippen LogP contribution in [0, 0.1) is 5.92 Å². The normalized spacial score (nSPS) is 13.8. The summed E-state index contributed by atoms with van der Waals surface area (Å²) in [5.74, 6) is -2.20. The van der Waals surface area contributed by atoms with E-state index in [4.69, 9.17) is 4.74 Å². The minimum absolute atomic E-state index is 0.0874. The summed E-state index contributed by atoms with van der Waals surface area (Å²) >= 11 is 0. The molecule has 1 aliphatic carbocycles. The zero-order valence-electron chi connectivity index (χ0n) is 19.5. The van der Waals surface area contributed by atoms with E-state index in [1.54, 1.807) is 13.0 Å². The van der Waals surface area contributed by atoms with E-state index in [1.165, 1.54) is 12.3 Å². The smallest absolute Gasteiger partial charge is 0.411 e. The van der Waals surface area contributed by atoms with Gasteiger partial charge in [0, 0.05) is 12.1 Å². The summed E-state index contributed by atoms with van der Waals surface area (Å²) in [5.41, 5.74) is 4.47. The number of carbonyl (C=O) groups excluding carboxylic acids is 2. The Hall–Kier alpha value is -4.20. The number of hydrogen-bond acceptors (Lipinski definition) is 5. The molecular formula is C27H27N3O5. The number of fused-ring (bicyclic) bond motifs is 3. The average Bonchev–Trinajstić information content (AvgIpc) is 3.19. The van der Waals surface area contributed by atoms with Crippen LogP contribution in [0.1, 0.15) is 47.8 Å². The van der Waals surface area contributed by atoms with Gasteiger partial charge in [-0.15, -0.1) is 0 Å². The van der Waals surface area contributed by atoms with Gasteiger partial charge in [0.05, 0.1) is 5.69 Å². The Morgan fingerprint density at radius 3 is 2.23 bits per heavy atom. The molecule has 0 unspecified atom stereocenters. The van der Waals surface area contributed by atoms with Gasteiger partial charge in [0.25, 0.3) is 5.91 Å². The molecule has 2 atom stereocenters. The Morgan fingerprint density at radius 2 is 1.63 bits per heavy atom. The predicted octanol–water partition coefficient (Wildman–Crippen LogP) is 4.67. The fourth-order valence-electron chi connectivity index (χ4n) is 4.32. The minimum atomic E-state index is -1.13. The third-order valence-electron chi connectivity index (χ3n) is 6.37. The summed E-state index contributed by atoms with van der Waals surface area (Å²) in [5, 5.41) is 14.6. The molecule has 8 nitrogen and oxygen atoms in total. The van der Waals surface area contributed by atoms with Crippen molar-refractivity contribution in [1.29, 1.82) is 0 Å². The molecule has 35 heavy (non-hydrogen) atoms. The number of carbonyl (C=O) groups is 3. The van der Waals surface area contributed by atoms with Gasteiger partial charge in [-0.3, -0.25) is 10.1 Å². The molecule has 3 N–H and O–H groups in total. The molecule has 1 heterocycles. The van der Waals surface area contributed by atoms with E-state index in [9.17, 15) is 19.5 Å². The van der Waals surface area contributed by atoms with Crippen LogP contribution in [0.4, 0.5) is 10.5 Å². The van der Waals surface area contributed by atoms with E-state index >= 15 is 0 Å². The van der Waals surface area contributed by atoms with Gasteiger partial charge >= 0.3 is 12.1 Å². The lowest BCUT2D eigenvalue weighted by atomic mass is 9.98. The number of rotatable bonds is 8. The lowest BCUT2D eigenvalue weighted by Gasteiger charge is -2.20. The number of carboxylic acids is 1. The molecule has 2 amide bonds. The predicted molar refractivity (Wildman–Crippen MR) is 131 cm³/mol. The average molecular weight is 474 g/mol. The van der Waals surface area contributed by atoms with Crippen LogP contribution in [0.5, 0.6) is 0 Å². The van der Waals surface area contributed by atoms with Crippen LogP contribution in [0.15, 0.2) is 66.9 Å². The molecule has 0 radical (unpaired) electrons. The maximum atomic E-state index is 12.8. The molecular weight excluding hydrogens is 446 g/mol. The number of pyridine rings is 1. The molecule has 0 bridgehead atoms. The molecule has 4 rings (SSSR count). The number of nitrogens with one attached hydrogen (secondary N) is 2. The summed E-state index contributed by atoms with van der Waals surface area (Å²) in [7, 11) is 0. The molecule has 0 saturated carbocycles. The molecule has 1 aliphatic rings. The van der Waals surface area contributed by atoms with Crippen molar-refractivity contribution < 1.29 is 24.2 Å². The molecule has 1 aromatic heterocycles. The number of nitrogens with zero attached hydrogens (tertiary/aromatic N) is 1. The van der Waals surface area contributed by atoms with Crippen molar-refractivity contribution in [1.82, 2.24) is 10.3 Å². The van der Waals surface area contributed by atoms with Crippen LogP contribution in [0.3, 0.4) is 0 Å². The molecule has 0 fully saturated rings. The summed E-state index contributed by atoms with van der Waals surface area (Å²) in [6.07, 6.45) is 1.24. The second-order valence-corrected chi connectivity index (χ2v) is 8.53. The fraction of sp³-hybridized carbons (Fsp3) is 0.259. The second kappa shape index (κ2) is 10.4. The van der Waals surface area contributed by atoms with Crippen molar-refractivity contribution in [2.45, 2.75) is 32.2 Å². The first kappa shape index (κ1) is 23.9. The summed E-state index contributed by atoms with van der Waals surface area (Å²) in [4.78, 5) is 41.1. The van der Waals surface area contributed by atoms with Gasteiger partial charge in [-0.05, 0) is 40.3 Å². The van der Waals surface area contributed by atoms with Gasteiger partial charge < -0.3 is 15.2 Å². The standard InChI is InChI=1S/C27H27N3O5/c1-3-16(2)23(26(32)33)30-25(31)24-22(13-8-14-28-24)29-27(34)35-15-21-19-11-6-4-9-17(19)18-10-5-7-12-20(18)21/h4-14,16,21,23H,3,15H2,1-2H3,(H,29,34)(H,30,31)(H,32,33)/t16-,23-/m0/s1. The van der Waals surface area contributed by atoms with Crippen LogP contribution in [0.25, 0.3) is 11.1 Å². The first-order valence-electron chi connectivity index (χ1n) is 11.5. The van der Waals surface area contributed by atoms with Crippen molar-refractivity contribution >= 4 is 23.7 Å². The van der Waals surface area contributed by atoms with E-state index in [2.05, 4.69) is 27.8 Å². The Labute approximate surface area is 203 Å². The van der Waals surface area contributed by atoms with Crippen LogP contribution in [-0.4, -0.2) is 40.7 Å². The third kappa shape index (κ3) is 5.01. The number of amides is 2. The quantitative estimate of drug-likeness (QED) is 0.438. The lowest BCUT2D eigenvalue weighted by molar-refractivity contribution is -0.140. The SMILES string of the molecule is CC[C@H](C)[C@H](NC(=O)c1ncccc1NC(=O)OCC1c2ccccc2-c2ccccc21)C(=O)O. The van der Waals surface area contributed by atoms with E-state index in [1.807, 2.05) is 43.3 Å². The Bertz CT molecular complexity index is 1210. The fourth-order valence-corrected chi connectivity index (χ4v) is 4.32. The maximum absolute atomic E-state index is 12.8. The number of benzene rings is 2. The zero-order valence-corrected chi connectivity index (χ0v) is 19.5. The molecule has 0 aliphatic heterocycles. The van der Waals surface area contributed by atoms with Crippen LogP contribution >= 0.6 is 0 Å². The van der Waals surface area contributed by atoms with Gasteiger partial charge in [-0.1, -0.05) is 68.8 Å². The monoisotopic (exact) mass is 473 g/mol. The maximum Gasteiger partial charge on any atom is 0.411 e. The zero-order chi connectivity index (χ0) is 24.9. The number of anilines is 1. The van der Waals surface area contributed by atoms with Crippen molar-refractivity contribution in [3.63, 3.8) is 0 Å². The Balaban J connectivity index is 1.45. The number of aromatic nitrogens is 1. The third-order valence-corrected chi connectivity index (χ3v) is 6.37. The van der Waals surface area contributed by atoms with Crippen molar-refractivity contribution in [3.05, 3.63) is 83.7 Å². The van der Waals surface area contributed by atoms with Gasteiger partial charge in [-0.2, -0.15) is 0 Å². The Morgan fingerprint density at radius 1 is 1.00 bits per heavy atom. The number of aliphatic carboxylic acids is 1. The highest BCUT2D eigenvalue weighted by molar-refractivity contribution is 6.02. The van der Waals surface area contributed by atoms with Crippen molar-refractivity contribution in [2.75, 3.05) is 11.9 Å². The van der Waals surface area contributed by atoms with Gasteiger partial charge in [-0.25, -0.2) is 14.6 Å². The second-order valence-electron chi connectivity index (χ2n) is 8.53. The first-order valence-corrected chi connectivity index (χ1v) is 11.5. The summed E-state index contributed by atoms with van der Waals surface area (Å²) in [6, 6.07) is 18.1. The minimum Gasteiger partial charge on any atom is -0.480 e. The van der Waals surface area contributed by atoms with Crippen LogP contribution in [0.2, 0.25) is 0 Å². The molecule has 180 valence electrons.